The normalized spacial score (nSPS) is 22.2. The summed E-state index contributed by atoms with van der Waals surface area (Å²) < 4.78 is 5.59. The number of amides is 1. The third kappa shape index (κ3) is 3.34. The van der Waals surface area contributed by atoms with Gasteiger partial charge in [0.25, 0.3) is 0 Å². The molecule has 6 nitrogen and oxygen atoms in total. The first-order valence-corrected chi connectivity index (χ1v) is 10.1. The molecule has 2 atom stereocenters. The van der Waals surface area contributed by atoms with Gasteiger partial charge in [0, 0.05) is 29.9 Å². The van der Waals surface area contributed by atoms with Gasteiger partial charge in [-0.2, -0.15) is 0 Å². The molecule has 0 aliphatic carbocycles. The molecule has 2 bridgehead atoms. The van der Waals surface area contributed by atoms with E-state index in [4.69, 9.17) is 4.74 Å². The fraction of sp³-hybridized carbons (Fsp3) is 0.350. The fourth-order valence-corrected chi connectivity index (χ4v) is 4.66. The highest BCUT2D eigenvalue weighted by Crippen LogP contribution is 2.29. The first kappa shape index (κ1) is 16.8. The van der Waals surface area contributed by atoms with Gasteiger partial charge < -0.3 is 10.1 Å². The second-order valence-corrected chi connectivity index (χ2v) is 8.03. The summed E-state index contributed by atoms with van der Waals surface area (Å²) in [6.45, 7) is 1.87. The third-order valence-electron chi connectivity index (χ3n) is 5.42. The van der Waals surface area contributed by atoms with Crippen molar-refractivity contribution in [3.63, 3.8) is 0 Å². The van der Waals surface area contributed by atoms with Crippen molar-refractivity contribution in [3.8, 4) is 10.4 Å². The van der Waals surface area contributed by atoms with Gasteiger partial charge in [-0.15, -0.1) is 11.3 Å². The van der Waals surface area contributed by atoms with Crippen LogP contribution in [0.15, 0.2) is 42.2 Å². The summed E-state index contributed by atoms with van der Waals surface area (Å²) in [6, 6.07) is 8.92. The number of fused-ring (bicyclic) bond motifs is 3. The molecule has 27 heavy (non-hydrogen) atoms. The Morgan fingerprint density at radius 1 is 1.19 bits per heavy atom. The van der Waals surface area contributed by atoms with E-state index in [0.717, 1.165) is 47.3 Å². The van der Waals surface area contributed by atoms with Crippen LogP contribution in [-0.2, 0) is 9.53 Å². The lowest BCUT2D eigenvalue weighted by Gasteiger charge is -2.33. The van der Waals surface area contributed by atoms with Gasteiger partial charge >= 0.3 is 0 Å². The largest absolute Gasteiger partial charge is 0.378 e. The Morgan fingerprint density at radius 3 is 2.81 bits per heavy atom. The number of thiazole rings is 1. The maximum absolute atomic E-state index is 12.5. The van der Waals surface area contributed by atoms with E-state index >= 15 is 0 Å². The predicted octanol–water partition coefficient (Wildman–Crippen LogP) is 3.16. The van der Waals surface area contributed by atoms with Crippen LogP contribution in [0.3, 0.4) is 0 Å². The topological polar surface area (TPSA) is 67.3 Å². The Kier molecular flexibility index (Phi) is 4.35. The molecule has 2 aliphatic heterocycles. The lowest BCUT2D eigenvalue weighted by Crippen LogP contribution is -2.48. The zero-order valence-electron chi connectivity index (χ0n) is 14.8. The number of ether oxygens (including phenoxy) is 1. The molecule has 1 aromatic carbocycles. The highest BCUT2D eigenvalue weighted by atomic mass is 32.1. The molecule has 1 N–H and O–H groups in total. The van der Waals surface area contributed by atoms with Gasteiger partial charge in [-0.1, -0.05) is 12.1 Å². The molecule has 4 heterocycles. The fourth-order valence-electron chi connectivity index (χ4n) is 4.04. The maximum atomic E-state index is 12.5. The predicted molar refractivity (Wildman–Crippen MR) is 106 cm³/mol. The average Bonchev–Trinajstić information content (AvgIpc) is 3.27. The summed E-state index contributed by atoms with van der Waals surface area (Å²) in [5.41, 5.74) is 2.95. The second kappa shape index (κ2) is 6.99. The molecule has 1 amide bonds. The molecule has 2 unspecified atom stereocenters. The molecule has 0 radical (unpaired) electrons. The number of rotatable bonds is 4. The molecule has 138 valence electrons. The molecular weight excluding hydrogens is 360 g/mol. The molecular formula is C20H20N4O2S. The number of benzene rings is 1. The zero-order valence-corrected chi connectivity index (χ0v) is 15.6. The minimum Gasteiger partial charge on any atom is -0.378 e. The number of aromatic nitrogens is 2. The van der Waals surface area contributed by atoms with E-state index in [1.165, 1.54) is 0 Å². The molecule has 0 saturated carbocycles. The van der Waals surface area contributed by atoms with Crippen molar-refractivity contribution in [1.29, 1.82) is 0 Å². The zero-order chi connectivity index (χ0) is 18.2. The van der Waals surface area contributed by atoms with E-state index in [2.05, 4.69) is 38.4 Å². The smallest absolute Gasteiger partial charge is 0.239 e. The van der Waals surface area contributed by atoms with Crippen LogP contribution in [-0.4, -0.2) is 52.6 Å². The molecule has 0 spiro atoms. The molecule has 2 fully saturated rings. The standard InChI is InChI=1S/C20H20N4O2S/c25-20(9-24-16-3-4-17(24)11-26-10-16)23-19-6-15-5-13(18-8-21-12-27-18)1-2-14(15)7-22-19/h1-2,5-8,12,16-17H,3-4,9-11H2,(H,22,23,25). The van der Waals surface area contributed by atoms with E-state index in [9.17, 15) is 4.79 Å². The van der Waals surface area contributed by atoms with Gasteiger partial charge in [0.15, 0.2) is 0 Å². The number of nitrogens with zero attached hydrogens (tertiary/aromatic N) is 3. The van der Waals surface area contributed by atoms with Crippen molar-refractivity contribution in [2.24, 2.45) is 0 Å². The lowest BCUT2D eigenvalue weighted by atomic mass is 10.1. The quantitative estimate of drug-likeness (QED) is 0.753. The van der Waals surface area contributed by atoms with E-state index in [1.54, 1.807) is 17.5 Å². The third-order valence-corrected chi connectivity index (χ3v) is 6.25. The van der Waals surface area contributed by atoms with Crippen molar-refractivity contribution in [1.82, 2.24) is 14.9 Å². The Bertz CT molecular complexity index is 959. The SMILES string of the molecule is O=C(CN1C2CCC1COC2)Nc1cc2cc(-c3cncs3)ccc2cn1. The molecule has 2 saturated heterocycles. The summed E-state index contributed by atoms with van der Waals surface area (Å²) in [5, 5.41) is 5.06. The summed E-state index contributed by atoms with van der Waals surface area (Å²) in [4.78, 5) is 24.5. The van der Waals surface area contributed by atoms with Crippen molar-refractivity contribution in [2.45, 2.75) is 24.9 Å². The Morgan fingerprint density at radius 2 is 2.04 bits per heavy atom. The van der Waals surface area contributed by atoms with Gasteiger partial charge in [0.2, 0.25) is 5.91 Å². The number of hydrogen-bond donors (Lipinski definition) is 1. The van der Waals surface area contributed by atoms with E-state index in [0.29, 0.717) is 24.4 Å². The van der Waals surface area contributed by atoms with Crippen molar-refractivity contribution in [3.05, 3.63) is 42.2 Å². The highest BCUT2D eigenvalue weighted by molar-refractivity contribution is 7.13. The molecule has 3 aromatic rings. The van der Waals surface area contributed by atoms with Gasteiger partial charge in [-0.05, 0) is 35.9 Å². The molecule has 2 aromatic heterocycles. The van der Waals surface area contributed by atoms with E-state index < -0.39 is 0 Å². The van der Waals surface area contributed by atoms with Crippen LogP contribution in [0.1, 0.15) is 12.8 Å². The molecule has 5 rings (SSSR count). The van der Waals surface area contributed by atoms with Crippen LogP contribution < -0.4 is 5.32 Å². The van der Waals surface area contributed by atoms with Crippen LogP contribution in [0.25, 0.3) is 21.2 Å². The van der Waals surface area contributed by atoms with Crippen LogP contribution >= 0.6 is 11.3 Å². The Hall–Kier alpha value is -2.35. The van der Waals surface area contributed by atoms with Gasteiger partial charge in [-0.3, -0.25) is 14.7 Å². The van der Waals surface area contributed by atoms with Crippen LogP contribution in [0.5, 0.6) is 0 Å². The molecule has 7 heteroatoms. The van der Waals surface area contributed by atoms with Gasteiger partial charge in [0.05, 0.1) is 30.1 Å². The molecule has 2 aliphatic rings. The van der Waals surface area contributed by atoms with E-state index in [1.807, 2.05) is 17.8 Å². The van der Waals surface area contributed by atoms with E-state index in [-0.39, 0.29) is 5.91 Å². The van der Waals surface area contributed by atoms with Crippen LogP contribution in [0.4, 0.5) is 5.82 Å². The number of pyridine rings is 1. The van der Waals surface area contributed by atoms with Crippen LogP contribution in [0, 0.1) is 0 Å². The van der Waals surface area contributed by atoms with Crippen LogP contribution in [0.2, 0.25) is 0 Å². The highest BCUT2D eigenvalue weighted by Gasteiger charge is 2.38. The van der Waals surface area contributed by atoms with Gasteiger partial charge in [-0.25, -0.2) is 4.98 Å². The van der Waals surface area contributed by atoms with Gasteiger partial charge in [0.1, 0.15) is 5.82 Å². The van der Waals surface area contributed by atoms with Crippen molar-refractivity contribution in [2.75, 3.05) is 25.1 Å². The first-order valence-electron chi connectivity index (χ1n) is 9.18. The monoisotopic (exact) mass is 380 g/mol. The number of morpholine rings is 1. The number of anilines is 1. The minimum atomic E-state index is -0.0146. The number of nitrogens with one attached hydrogen (secondary N) is 1. The van der Waals surface area contributed by atoms with Crippen molar-refractivity contribution >= 4 is 33.8 Å². The Balaban J connectivity index is 1.33. The maximum Gasteiger partial charge on any atom is 0.239 e. The number of carbonyl (C=O) groups excluding carboxylic acids is 1. The average molecular weight is 380 g/mol. The first-order chi connectivity index (χ1) is 13.3. The minimum absolute atomic E-state index is 0.0146. The number of carbonyl (C=O) groups is 1. The summed E-state index contributed by atoms with van der Waals surface area (Å²) in [7, 11) is 0. The Labute approximate surface area is 161 Å². The summed E-state index contributed by atoms with van der Waals surface area (Å²) >= 11 is 1.61. The second-order valence-electron chi connectivity index (χ2n) is 7.14. The summed E-state index contributed by atoms with van der Waals surface area (Å²) in [6.07, 6.45) is 5.91. The van der Waals surface area contributed by atoms with Crippen molar-refractivity contribution < 1.29 is 9.53 Å². The number of hydrogen-bond acceptors (Lipinski definition) is 6. The lowest BCUT2D eigenvalue weighted by molar-refractivity contribution is -0.120. The summed E-state index contributed by atoms with van der Waals surface area (Å²) in [5.74, 6) is 0.578.